The molecule has 1 atom stereocenters. The van der Waals surface area contributed by atoms with Crippen LogP contribution >= 0.6 is 0 Å². The first kappa shape index (κ1) is 19.2. The van der Waals surface area contributed by atoms with Crippen molar-refractivity contribution in [2.24, 2.45) is 0 Å². The minimum absolute atomic E-state index is 0.127. The van der Waals surface area contributed by atoms with Crippen molar-refractivity contribution in [1.29, 1.82) is 0 Å². The van der Waals surface area contributed by atoms with E-state index in [9.17, 15) is 13.6 Å². The summed E-state index contributed by atoms with van der Waals surface area (Å²) in [6, 6.07) is 6.67. The molecule has 0 aliphatic carbocycles. The largest absolute Gasteiger partial charge is 0.488 e. The van der Waals surface area contributed by atoms with E-state index < -0.39 is 13.0 Å². The summed E-state index contributed by atoms with van der Waals surface area (Å²) < 4.78 is 29.2. The van der Waals surface area contributed by atoms with Crippen molar-refractivity contribution in [3.05, 3.63) is 29.8 Å². The first-order chi connectivity index (χ1) is 11.0. The second-order valence-corrected chi connectivity index (χ2v) is 5.57. The summed E-state index contributed by atoms with van der Waals surface area (Å²) in [4.78, 5) is 11.8. The van der Waals surface area contributed by atoms with Crippen LogP contribution < -0.4 is 15.4 Å². The van der Waals surface area contributed by atoms with Crippen LogP contribution in [0.15, 0.2) is 24.3 Å². The molecule has 1 unspecified atom stereocenters. The minimum Gasteiger partial charge on any atom is -0.488 e. The van der Waals surface area contributed by atoms with Gasteiger partial charge in [-0.1, -0.05) is 38.3 Å². The fraction of sp³-hybridized carbons (Fsp3) is 0.588. The highest BCUT2D eigenvalue weighted by Gasteiger charge is 2.07. The normalized spacial score (nSPS) is 12.0. The van der Waals surface area contributed by atoms with Crippen molar-refractivity contribution in [1.82, 2.24) is 10.6 Å². The summed E-state index contributed by atoms with van der Waals surface area (Å²) in [5, 5.41) is 5.64. The van der Waals surface area contributed by atoms with Gasteiger partial charge in [0.25, 0.3) is 6.43 Å². The summed E-state index contributed by atoms with van der Waals surface area (Å²) in [6.07, 6.45) is 1.87. The van der Waals surface area contributed by atoms with Crippen molar-refractivity contribution in [3.8, 4) is 5.75 Å². The minimum atomic E-state index is -2.50. The van der Waals surface area contributed by atoms with E-state index in [-0.39, 0.29) is 12.1 Å². The Hall–Kier alpha value is -1.85. The zero-order valence-electron chi connectivity index (χ0n) is 13.8. The fourth-order valence-corrected chi connectivity index (χ4v) is 2.13. The molecule has 1 aromatic rings. The molecule has 1 rings (SSSR count). The topological polar surface area (TPSA) is 50.4 Å². The van der Waals surface area contributed by atoms with Crippen LogP contribution in [0.1, 0.15) is 45.1 Å². The number of hydrogen-bond acceptors (Lipinski definition) is 2. The van der Waals surface area contributed by atoms with Crippen molar-refractivity contribution in [3.63, 3.8) is 0 Å². The Morgan fingerprint density at radius 3 is 2.78 bits per heavy atom. The number of rotatable bonds is 10. The maximum absolute atomic E-state index is 12.1. The predicted molar refractivity (Wildman–Crippen MR) is 86.9 cm³/mol. The SMILES string of the molecule is CCCCCC(C)NC(=O)NCc1cccc(OCC(F)F)c1. The van der Waals surface area contributed by atoms with Crippen LogP contribution in [0.4, 0.5) is 13.6 Å². The van der Waals surface area contributed by atoms with E-state index in [0.717, 1.165) is 24.8 Å². The van der Waals surface area contributed by atoms with Gasteiger partial charge in [-0.25, -0.2) is 13.6 Å². The molecule has 0 fully saturated rings. The maximum Gasteiger partial charge on any atom is 0.315 e. The van der Waals surface area contributed by atoms with Crippen molar-refractivity contribution >= 4 is 6.03 Å². The van der Waals surface area contributed by atoms with Crippen LogP contribution in [0.2, 0.25) is 0 Å². The average Bonchev–Trinajstić information content (AvgIpc) is 2.51. The molecule has 0 aromatic heterocycles. The first-order valence-corrected chi connectivity index (χ1v) is 8.05. The number of amides is 2. The van der Waals surface area contributed by atoms with Crippen LogP contribution in [-0.2, 0) is 6.54 Å². The molecule has 0 radical (unpaired) electrons. The van der Waals surface area contributed by atoms with Gasteiger partial charge in [0.1, 0.15) is 12.4 Å². The summed E-state index contributed by atoms with van der Waals surface area (Å²) in [5.74, 6) is 0.373. The van der Waals surface area contributed by atoms with Gasteiger partial charge in [-0.15, -0.1) is 0 Å². The molecular weight excluding hydrogens is 302 g/mol. The number of hydrogen-bond donors (Lipinski definition) is 2. The van der Waals surface area contributed by atoms with Gasteiger partial charge < -0.3 is 15.4 Å². The number of benzene rings is 1. The van der Waals surface area contributed by atoms with Gasteiger partial charge in [-0.3, -0.25) is 0 Å². The Bertz CT molecular complexity index is 470. The van der Waals surface area contributed by atoms with E-state index in [1.807, 2.05) is 6.92 Å². The lowest BCUT2D eigenvalue weighted by molar-refractivity contribution is 0.0818. The first-order valence-electron chi connectivity index (χ1n) is 8.05. The number of ether oxygens (including phenoxy) is 1. The summed E-state index contributed by atoms with van der Waals surface area (Å²) in [6.45, 7) is 3.81. The van der Waals surface area contributed by atoms with Crippen molar-refractivity contribution in [2.75, 3.05) is 6.61 Å². The third kappa shape index (κ3) is 9.01. The Balaban J connectivity index is 2.33. The molecule has 23 heavy (non-hydrogen) atoms. The van der Waals surface area contributed by atoms with E-state index in [2.05, 4.69) is 17.6 Å². The zero-order chi connectivity index (χ0) is 17.1. The molecule has 4 nitrogen and oxygen atoms in total. The van der Waals surface area contributed by atoms with Crippen LogP contribution in [-0.4, -0.2) is 25.1 Å². The number of nitrogens with one attached hydrogen (secondary N) is 2. The van der Waals surface area contributed by atoms with Crippen LogP contribution in [0.25, 0.3) is 0 Å². The Morgan fingerprint density at radius 1 is 1.30 bits per heavy atom. The van der Waals surface area contributed by atoms with Gasteiger partial charge in [0.15, 0.2) is 0 Å². The summed E-state index contributed by atoms with van der Waals surface area (Å²) >= 11 is 0. The molecule has 0 aliphatic rings. The maximum atomic E-state index is 12.1. The Kier molecular flexibility index (Phi) is 9.02. The van der Waals surface area contributed by atoms with E-state index in [4.69, 9.17) is 4.74 Å². The highest BCUT2D eigenvalue weighted by atomic mass is 19.3. The lowest BCUT2D eigenvalue weighted by Crippen LogP contribution is -2.40. The molecule has 0 heterocycles. The fourth-order valence-electron chi connectivity index (χ4n) is 2.13. The number of unbranched alkanes of at least 4 members (excludes halogenated alkanes) is 2. The predicted octanol–water partition coefficient (Wildman–Crippen LogP) is 4.10. The highest BCUT2D eigenvalue weighted by molar-refractivity contribution is 5.74. The molecule has 0 saturated heterocycles. The zero-order valence-corrected chi connectivity index (χ0v) is 13.8. The van der Waals surface area contributed by atoms with Crippen molar-refractivity contribution in [2.45, 2.75) is 58.5 Å². The highest BCUT2D eigenvalue weighted by Crippen LogP contribution is 2.14. The number of carbonyl (C=O) groups excluding carboxylic acids is 1. The lowest BCUT2D eigenvalue weighted by Gasteiger charge is -2.14. The monoisotopic (exact) mass is 328 g/mol. The van der Waals surface area contributed by atoms with Gasteiger partial charge in [-0.2, -0.15) is 0 Å². The molecule has 6 heteroatoms. The smallest absolute Gasteiger partial charge is 0.315 e. The van der Waals surface area contributed by atoms with Crippen LogP contribution in [0, 0.1) is 0 Å². The lowest BCUT2D eigenvalue weighted by atomic mass is 10.1. The molecule has 0 saturated carbocycles. The summed E-state index contributed by atoms with van der Waals surface area (Å²) in [5.41, 5.74) is 0.797. The third-order valence-electron chi connectivity index (χ3n) is 3.35. The second kappa shape index (κ2) is 10.8. The van der Waals surface area contributed by atoms with E-state index in [1.165, 1.54) is 6.42 Å². The van der Waals surface area contributed by atoms with E-state index in [0.29, 0.717) is 12.3 Å². The molecule has 0 aliphatic heterocycles. The molecule has 2 amide bonds. The molecular formula is C17H26F2N2O2. The molecule has 130 valence electrons. The Labute approximate surface area is 136 Å². The van der Waals surface area contributed by atoms with Crippen LogP contribution in [0.3, 0.4) is 0 Å². The molecule has 1 aromatic carbocycles. The molecule has 2 N–H and O–H groups in total. The van der Waals surface area contributed by atoms with Crippen LogP contribution in [0.5, 0.6) is 5.75 Å². The number of urea groups is 1. The standard InChI is InChI=1S/C17H26F2N2O2/c1-3-4-5-7-13(2)21-17(22)20-11-14-8-6-9-15(10-14)23-12-16(18)19/h6,8-10,13,16H,3-5,7,11-12H2,1-2H3,(H2,20,21,22). The van der Waals surface area contributed by atoms with E-state index >= 15 is 0 Å². The second-order valence-electron chi connectivity index (χ2n) is 5.57. The van der Waals surface area contributed by atoms with Gasteiger partial charge in [-0.05, 0) is 31.0 Å². The Morgan fingerprint density at radius 2 is 2.09 bits per heavy atom. The number of carbonyl (C=O) groups is 1. The number of halogens is 2. The molecule has 0 bridgehead atoms. The van der Waals surface area contributed by atoms with Gasteiger partial charge >= 0.3 is 6.03 Å². The quantitative estimate of drug-likeness (QED) is 0.635. The third-order valence-corrected chi connectivity index (χ3v) is 3.35. The van der Waals surface area contributed by atoms with Gasteiger partial charge in [0.2, 0.25) is 0 Å². The van der Waals surface area contributed by atoms with E-state index in [1.54, 1.807) is 24.3 Å². The van der Waals surface area contributed by atoms with Gasteiger partial charge in [0.05, 0.1) is 0 Å². The molecule has 0 spiro atoms. The summed E-state index contributed by atoms with van der Waals surface area (Å²) in [7, 11) is 0. The van der Waals surface area contributed by atoms with Gasteiger partial charge in [0, 0.05) is 12.6 Å². The van der Waals surface area contributed by atoms with Crippen molar-refractivity contribution < 1.29 is 18.3 Å². The number of alkyl halides is 2. The average molecular weight is 328 g/mol.